The fourth-order valence-corrected chi connectivity index (χ4v) is 7.33. The summed E-state index contributed by atoms with van der Waals surface area (Å²) in [7, 11) is 1.59. The molecule has 0 aliphatic carbocycles. The number of fused-ring (bicyclic) bond motifs is 1. The number of thiazole rings is 1. The lowest BCUT2D eigenvalue weighted by atomic mass is 9.92. The van der Waals surface area contributed by atoms with Gasteiger partial charge in [0.15, 0.2) is 5.78 Å². The molecule has 7 nitrogen and oxygen atoms in total. The number of benzene rings is 3. The first-order valence-electron chi connectivity index (χ1n) is 15.8. The molecule has 4 aromatic rings. The van der Waals surface area contributed by atoms with Crippen molar-refractivity contribution in [2.45, 2.75) is 78.0 Å². The first-order valence-corrected chi connectivity index (χ1v) is 16.7. The fourth-order valence-electron chi connectivity index (χ4n) is 6.39. The molecule has 2 heterocycles. The van der Waals surface area contributed by atoms with Crippen LogP contribution in [0.3, 0.4) is 0 Å². The molecular formula is C37H43N3O4S. The van der Waals surface area contributed by atoms with Gasteiger partial charge in [0.1, 0.15) is 5.01 Å². The number of aromatic nitrogens is 1. The van der Waals surface area contributed by atoms with Gasteiger partial charge in [-0.1, -0.05) is 62.4 Å². The highest BCUT2D eigenvalue weighted by Crippen LogP contribution is 2.32. The molecule has 8 heteroatoms. The first-order chi connectivity index (χ1) is 21.7. The summed E-state index contributed by atoms with van der Waals surface area (Å²) in [5.74, 6) is -0.771. The molecule has 4 atom stereocenters. The van der Waals surface area contributed by atoms with Crippen molar-refractivity contribution in [2.24, 2.45) is 5.92 Å². The number of carbonyl (C=O) groups is 3. The predicted molar refractivity (Wildman–Crippen MR) is 180 cm³/mol. The Morgan fingerprint density at radius 3 is 2.56 bits per heavy atom. The maximum absolute atomic E-state index is 13.9. The van der Waals surface area contributed by atoms with Crippen molar-refractivity contribution < 1.29 is 19.1 Å². The van der Waals surface area contributed by atoms with E-state index in [2.05, 4.69) is 36.5 Å². The molecule has 0 spiro atoms. The molecule has 0 unspecified atom stereocenters. The molecular weight excluding hydrogens is 582 g/mol. The molecule has 1 fully saturated rings. The molecule has 3 aromatic carbocycles. The Morgan fingerprint density at radius 1 is 1.07 bits per heavy atom. The molecule has 5 rings (SSSR count). The van der Waals surface area contributed by atoms with Crippen LogP contribution >= 0.6 is 11.3 Å². The summed E-state index contributed by atoms with van der Waals surface area (Å²) in [6.45, 7) is 8.44. The van der Waals surface area contributed by atoms with Gasteiger partial charge in [-0.05, 0) is 73.6 Å². The number of Topliss-reactive ketones (excluding diaryl/α,β-unsaturated/α-hetero) is 1. The molecule has 1 N–H and O–H groups in total. The molecule has 2 amide bonds. The van der Waals surface area contributed by atoms with Crippen LogP contribution in [0.15, 0.2) is 66.7 Å². The van der Waals surface area contributed by atoms with Crippen LogP contribution in [0.1, 0.15) is 55.4 Å². The molecule has 1 aliphatic heterocycles. The number of nitrogens with one attached hydrogen (secondary N) is 1. The first kappa shape index (κ1) is 32.5. The summed E-state index contributed by atoms with van der Waals surface area (Å²) in [4.78, 5) is 46.9. The number of likely N-dealkylation sites (tertiary alicyclic amines) is 1. The van der Waals surface area contributed by atoms with Gasteiger partial charge in [0, 0.05) is 32.1 Å². The van der Waals surface area contributed by atoms with Gasteiger partial charge in [-0.25, -0.2) is 4.98 Å². The Kier molecular flexibility index (Phi) is 10.5. The van der Waals surface area contributed by atoms with Crippen LogP contribution in [-0.4, -0.2) is 59.3 Å². The third kappa shape index (κ3) is 7.51. The Labute approximate surface area is 270 Å². The Morgan fingerprint density at radius 2 is 1.84 bits per heavy atom. The van der Waals surface area contributed by atoms with Gasteiger partial charge >= 0.3 is 0 Å². The lowest BCUT2D eigenvalue weighted by Crippen LogP contribution is -2.52. The second-order valence-corrected chi connectivity index (χ2v) is 13.2. The van der Waals surface area contributed by atoms with E-state index in [4.69, 9.17) is 9.72 Å². The van der Waals surface area contributed by atoms with Crippen molar-refractivity contribution in [3.05, 3.63) is 89.0 Å². The van der Waals surface area contributed by atoms with Crippen LogP contribution in [0, 0.1) is 19.8 Å². The maximum Gasteiger partial charge on any atom is 0.226 e. The van der Waals surface area contributed by atoms with E-state index in [1.807, 2.05) is 68.1 Å². The minimum absolute atomic E-state index is 0.0525. The van der Waals surface area contributed by atoms with Crippen molar-refractivity contribution in [2.75, 3.05) is 13.7 Å². The van der Waals surface area contributed by atoms with E-state index < -0.39 is 18.1 Å². The largest absolute Gasteiger partial charge is 0.378 e. The van der Waals surface area contributed by atoms with Crippen molar-refractivity contribution >= 4 is 39.2 Å². The Hall–Kier alpha value is -3.88. The van der Waals surface area contributed by atoms with E-state index >= 15 is 0 Å². The van der Waals surface area contributed by atoms with Gasteiger partial charge in [0.05, 0.1) is 34.3 Å². The lowest BCUT2D eigenvalue weighted by molar-refractivity contribution is -0.140. The molecule has 236 valence electrons. The number of ketones is 1. The highest BCUT2D eigenvalue weighted by molar-refractivity contribution is 7.21. The summed E-state index contributed by atoms with van der Waals surface area (Å²) in [6.07, 6.45) is 2.23. The minimum atomic E-state index is -0.705. The summed E-state index contributed by atoms with van der Waals surface area (Å²) in [6, 6.07) is 21.3. The Bertz CT molecular complexity index is 1670. The quantitative estimate of drug-likeness (QED) is 0.195. The van der Waals surface area contributed by atoms with E-state index in [0.29, 0.717) is 19.4 Å². The number of carbonyl (C=O) groups excluding carboxylic acids is 3. The van der Waals surface area contributed by atoms with Crippen LogP contribution in [0.4, 0.5) is 0 Å². The van der Waals surface area contributed by atoms with Gasteiger partial charge in [-0.2, -0.15) is 0 Å². The minimum Gasteiger partial charge on any atom is -0.378 e. The van der Waals surface area contributed by atoms with E-state index in [0.717, 1.165) is 50.3 Å². The van der Waals surface area contributed by atoms with Gasteiger partial charge in [-0.15, -0.1) is 11.3 Å². The molecule has 0 bridgehead atoms. The zero-order chi connectivity index (χ0) is 32.1. The van der Waals surface area contributed by atoms with Gasteiger partial charge in [0.25, 0.3) is 0 Å². The smallest absolute Gasteiger partial charge is 0.226 e. The van der Waals surface area contributed by atoms with Crippen LogP contribution in [0.2, 0.25) is 0 Å². The summed E-state index contributed by atoms with van der Waals surface area (Å²) in [5.41, 5.74) is 6.11. The van der Waals surface area contributed by atoms with E-state index in [-0.39, 0.29) is 30.1 Å². The third-order valence-electron chi connectivity index (χ3n) is 8.96. The van der Waals surface area contributed by atoms with Crippen LogP contribution < -0.4 is 5.32 Å². The maximum atomic E-state index is 13.9. The number of nitrogens with zero attached hydrogens (tertiary/aromatic N) is 2. The van der Waals surface area contributed by atoms with E-state index in [1.165, 1.54) is 5.56 Å². The molecule has 0 radical (unpaired) electrons. The molecule has 1 aliphatic rings. The van der Waals surface area contributed by atoms with Crippen LogP contribution in [0.5, 0.6) is 0 Å². The SMILES string of the molecule is CCC(=O)N1CCC[C@H]1[C@H](OC)[C@@H](C)C(=O)N[C@@H](Cc1ccccc1)C(=O)Cc1ccc(-c2nc3cc(C)ccc3s2)cc1C. The zero-order valence-corrected chi connectivity index (χ0v) is 27.7. The van der Waals surface area contributed by atoms with E-state index in [1.54, 1.807) is 18.4 Å². The number of methoxy groups -OCH3 is 1. The molecule has 1 aromatic heterocycles. The second-order valence-electron chi connectivity index (χ2n) is 12.2. The van der Waals surface area contributed by atoms with Crippen LogP contribution in [-0.2, 0) is 32.0 Å². The monoisotopic (exact) mass is 625 g/mol. The number of amides is 2. The summed E-state index contributed by atoms with van der Waals surface area (Å²) in [5, 5.41) is 4.03. The average molecular weight is 626 g/mol. The average Bonchev–Trinajstić information content (AvgIpc) is 3.69. The van der Waals surface area contributed by atoms with E-state index in [9.17, 15) is 14.4 Å². The van der Waals surface area contributed by atoms with Gasteiger partial charge in [0.2, 0.25) is 11.8 Å². The van der Waals surface area contributed by atoms with Gasteiger partial charge < -0.3 is 15.0 Å². The van der Waals surface area contributed by atoms with Crippen LogP contribution in [0.25, 0.3) is 20.8 Å². The Balaban J connectivity index is 1.33. The van der Waals surface area contributed by atoms with Crippen molar-refractivity contribution in [3.8, 4) is 10.6 Å². The number of rotatable bonds is 12. The molecule has 45 heavy (non-hydrogen) atoms. The summed E-state index contributed by atoms with van der Waals surface area (Å²) < 4.78 is 6.99. The van der Waals surface area contributed by atoms with Crippen molar-refractivity contribution in [3.63, 3.8) is 0 Å². The lowest BCUT2D eigenvalue weighted by Gasteiger charge is -2.34. The fraction of sp³-hybridized carbons (Fsp3) is 0.405. The normalized spacial score (nSPS) is 16.8. The zero-order valence-electron chi connectivity index (χ0n) is 26.8. The summed E-state index contributed by atoms with van der Waals surface area (Å²) >= 11 is 1.66. The highest BCUT2D eigenvalue weighted by atomic mass is 32.1. The molecule has 1 saturated heterocycles. The third-order valence-corrected chi connectivity index (χ3v) is 10.1. The molecule has 0 saturated carbocycles. The second kappa shape index (κ2) is 14.5. The number of hydrogen-bond donors (Lipinski definition) is 1. The standard InChI is InChI=1S/C37H43N3O4S/c1-6-34(42)40-18-10-13-31(40)35(44-5)25(4)36(43)38-29(21-26-11-8-7-9-12-26)32(41)22-27-15-16-28(20-24(27)3)37-39-30-19-23(2)14-17-33(30)45-37/h7-9,11-12,14-17,19-20,25,29,31,35H,6,10,13,18,21-22H2,1-5H3,(H,38,43)/t25-,29+,31+,35-/m1/s1. The van der Waals surface area contributed by atoms with Crippen molar-refractivity contribution in [1.82, 2.24) is 15.2 Å². The van der Waals surface area contributed by atoms with Crippen molar-refractivity contribution in [1.29, 1.82) is 0 Å². The predicted octanol–water partition coefficient (Wildman–Crippen LogP) is 6.47. The number of aryl methyl sites for hydroxylation is 2. The number of hydrogen-bond acceptors (Lipinski definition) is 6. The number of ether oxygens (including phenoxy) is 1. The highest BCUT2D eigenvalue weighted by Gasteiger charge is 2.40. The van der Waals surface area contributed by atoms with Gasteiger partial charge in [-0.3, -0.25) is 14.4 Å². The topological polar surface area (TPSA) is 88.6 Å².